The van der Waals surface area contributed by atoms with Crippen LogP contribution in [0.25, 0.3) is 0 Å². The summed E-state index contributed by atoms with van der Waals surface area (Å²) >= 11 is 0. The first-order valence-electron chi connectivity index (χ1n) is 3.32. The summed E-state index contributed by atoms with van der Waals surface area (Å²) in [5.41, 5.74) is 4.82. The average Bonchev–Trinajstić information content (AvgIpc) is 1.85. The number of amides is 2. The maximum atomic E-state index is 10.2. The van der Waals surface area contributed by atoms with Gasteiger partial charge in [-0.05, 0) is 13.3 Å². The van der Waals surface area contributed by atoms with Crippen molar-refractivity contribution in [2.24, 2.45) is 5.73 Å². The summed E-state index contributed by atoms with van der Waals surface area (Å²) < 4.78 is 0. The van der Waals surface area contributed by atoms with Gasteiger partial charge in [0.25, 0.3) is 0 Å². The lowest BCUT2D eigenvalue weighted by molar-refractivity contribution is 0.133. The van der Waals surface area contributed by atoms with Crippen LogP contribution >= 0.6 is 0 Å². The quantitative estimate of drug-likeness (QED) is 0.516. The monoisotopic (exact) mass is 146 g/mol. The van der Waals surface area contributed by atoms with Crippen molar-refractivity contribution in [3.05, 3.63) is 0 Å². The topological polar surface area (TPSA) is 75.3 Å². The maximum Gasteiger partial charge on any atom is 0.312 e. The second-order valence-corrected chi connectivity index (χ2v) is 2.27. The highest BCUT2D eigenvalue weighted by atomic mass is 16.3. The van der Waals surface area contributed by atoms with Crippen LogP contribution in [0.15, 0.2) is 0 Å². The van der Waals surface area contributed by atoms with Gasteiger partial charge in [0.2, 0.25) is 0 Å². The predicted molar refractivity (Wildman–Crippen MR) is 38.5 cm³/mol. The van der Waals surface area contributed by atoms with E-state index in [0.717, 1.165) is 0 Å². The van der Waals surface area contributed by atoms with Gasteiger partial charge < -0.3 is 16.2 Å². The second kappa shape index (κ2) is 4.11. The van der Waals surface area contributed by atoms with E-state index in [9.17, 15) is 4.79 Å². The Balaban J connectivity index is 3.61. The molecule has 0 aromatic rings. The third-order valence-electron chi connectivity index (χ3n) is 1.37. The van der Waals surface area contributed by atoms with Crippen LogP contribution in [0.1, 0.15) is 20.3 Å². The summed E-state index contributed by atoms with van der Waals surface area (Å²) in [7, 11) is 0. The molecule has 2 amide bonds. The van der Waals surface area contributed by atoms with Crippen LogP contribution in [0.3, 0.4) is 0 Å². The minimum Gasteiger partial charge on any atom is -0.391 e. The fraction of sp³-hybridized carbons (Fsp3) is 0.833. The van der Waals surface area contributed by atoms with Gasteiger partial charge >= 0.3 is 6.03 Å². The Labute approximate surface area is 60.4 Å². The molecule has 4 N–H and O–H groups in total. The van der Waals surface area contributed by atoms with Crippen molar-refractivity contribution in [2.75, 3.05) is 0 Å². The van der Waals surface area contributed by atoms with Crippen LogP contribution in [0.4, 0.5) is 4.79 Å². The summed E-state index contributed by atoms with van der Waals surface area (Å²) in [6, 6.07) is -0.859. The zero-order valence-corrected chi connectivity index (χ0v) is 6.29. The Hall–Kier alpha value is -0.770. The molecule has 0 rings (SSSR count). The molecule has 2 unspecified atom stereocenters. The molecular weight excluding hydrogens is 132 g/mol. The van der Waals surface area contributed by atoms with E-state index in [1.54, 1.807) is 6.92 Å². The number of primary amides is 1. The van der Waals surface area contributed by atoms with Gasteiger partial charge in [0.15, 0.2) is 0 Å². The summed E-state index contributed by atoms with van der Waals surface area (Å²) in [5, 5.41) is 11.5. The first-order valence-corrected chi connectivity index (χ1v) is 3.32. The number of hydrogen-bond acceptors (Lipinski definition) is 2. The molecular formula is C6H14N2O2. The molecule has 10 heavy (non-hydrogen) atoms. The summed E-state index contributed by atoms with van der Waals surface area (Å²) in [6.07, 6.45) is 0.106. The van der Waals surface area contributed by atoms with Gasteiger partial charge in [-0.1, -0.05) is 6.92 Å². The van der Waals surface area contributed by atoms with Crippen molar-refractivity contribution in [1.82, 2.24) is 5.32 Å². The molecule has 0 bridgehead atoms. The number of carbonyl (C=O) groups is 1. The first kappa shape index (κ1) is 9.23. The SMILES string of the molecule is CCC(O)C(C)NC(N)=O. The molecule has 0 fully saturated rings. The Kier molecular flexibility index (Phi) is 3.79. The van der Waals surface area contributed by atoms with Crippen LogP contribution in [0.2, 0.25) is 0 Å². The summed E-state index contributed by atoms with van der Waals surface area (Å²) in [4.78, 5) is 10.2. The molecule has 0 aromatic carbocycles. The zero-order chi connectivity index (χ0) is 8.15. The fourth-order valence-corrected chi connectivity index (χ4v) is 0.674. The number of hydrogen-bond donors (Lipinski definition) is 3. The van der Waals surface area contributed by atoms with Gasteiger partial charge in [-0.2, -0.15) is 0 Å². The van der Waals surface area contributed by atoms with Crippen molar-refractivity contribution in [2.45, 2.75) is 32.4 Å². The minimum atomic E-state index is -0.597. The van der Waals surface area contributed by atoms with E-state index >= 15 is 0 Å². The van der Waals surface area contributed by atoms with Gasteiger partial charge in [-0.15, -0.1) is 0 Å². The molecule has 4 nitrogen and oxygen atoms in total. The van der Waals surface area contributed by atoms with E-state index in [-0.39, 0.29) is 6.04 Å². The highest BCUT2D eigenvalue weighted by Crippen LogP contribution is 1.95. The molecule has 4 heteroatoms. The van der Waals surface area contributed by atoms with Gasteiger partial charge in [-0.3, -0.25) is 0 Å². The third-order valence-corrected chi connectivity index (χ3v) is 1.37. The van der Waals surface area contributed by atoms with Crippen LogP contribution in [-0.4, -0.2) is 23.3 Å². The number of carbonyl (C=O) groups excluding carboxylic acids is 1. The van der Waals surface area contributed by atoms with E-state index in [0.29, 0.717) is 6.42 Å². The smallest absolute Gasteiger partial charge is 0.312 e. The first-order chi connectivity index (χ1) is 4.57. The lowest BCUT2D eigenvalue weighted by atomic mass is 10.1. The molecule has 60 valence electrons. The normalized spacial score (nSPS) is 15.9. The lowest BCUT2D eigenvalue weighted by Crippen LogP contribution is -2.43. The van der Waals surface area contributed by atoms with Crippen LogP contribution < -0.4 is 11.1 Å². The molecule has 0 aromatic heterocycles. The number of nitrogens with two attached hydrogens (primary N) is 1. The van der Waals surface area contributed by atoms with Crippen molar-refractivity contribution < 1.29 is 9.90 Å². The zero-order valence-electron chi connectivity index (χ0n) is 6.29. The molecule has 0 radical (unpaired) electrons. The van der Waals surface area contributed by atoms with Crippen molar-refractivity contribution in [3.8, 4) is 0 Å². The van der Waals surface area contributed by atoms with Crippen molar-refractivity contribution in [1.29, 1.82) is 0 Å². The Morgan fingerprint density at radius 1 is 1.80 bits per heavy atom. The Morgan fingerprint density at radius 2 is 2.30 bits per heavy atom. The van der Waals surface area contributed by atoms with Gasteiger partial charge in [0.1, 0.15) is 0 Å². The standard InChI is InChI=1S/C6H14N2O2/c1-3-5(9)4(2)8-6(7)10/h4-5,9H,3H2,1-2H3,(H3,7,8,10). The van der Waals surface area contributed by atoms with Crippen LogP contribution in [0.5, 0.6) is 0 Å². The molecule has 0 spiro atoms. The maximum absolute atomic E-state index is 10.2. The third kappa shape index (κ3) is 3.29. The predicted octanol–water partition coefficient (Wildman–Crippen LogP) is -0.186. The average molecular weight is 146 g/mol. The van der Waals surface area contributed by atoms with Crippen LogP contribution in [-0.2, 0) is 0 Å². The van der Waals surface area contributed by atoms with E-state index in [2.05, 4.69) is 5.32 Å². The van der Waals surface area contributed by atoms with Gasteiger partial charge in [0.05, 0.1) is 12.1 Å². The molecule has 0 aliphatic rings. The fourth-order valence-electron chi connectivity index (χ4n) is 0.674. The summed E-state index contributed by atoms with van der Waals surface area (Å²) in [6.45, 7) is 3.54. The molecule has 0 aliphatic heterocycles. The number of nitrogens with one attached hydrogen (secondary N) is 1. The van der Waals surface area contributed by atoms with Crippen molar-refractivity contribution >= 4 is 6.03 Å². The van der Waals surface area contributed by atoms with E-state index < -0.39 is 12.1 Å². The van der Waals surface area contributed by atoms with Crippen LogP contribution in [0, 0.1) is 0 Å². The molecule has 2 atom stereocenters. The van der Waals surface area contributed by atoms with E-state index in [4.69, 9.17) is 10.8 Å². The molecule has 0 saturated carbocycles. The largest absolute Gasteiger partial charge is 0.391 e. The molecule has 0 heterocycles. The highest BCUT2D eigenvalue weighted by molar-refractivity contribution is 5.71. The highest BCUT2D eigenvalue weighted by Gasteiger charge is 2.11. The molecule has 0 saturated heterocycles. The van der Waals surface area contributed by atoms with Crippen molar-refractivity contribution in [3.63, 3.8) is 0 Å². The summed E-state index contributed by atoms with van der Waals surface area (Å²) in [5.74, 6) is 0. The number of aliphatic hydroxyl groups is 1. The number of aliphatic hydroxyl groups excluding tert-OH is 1. The van der Waals surface area contributed by atoms with Gasteiger partial charge in [-0.25, -0.2) is 4.79 Å². The minimum absolute atomic E-state index is 0.262. The van der Waals surface area contributed by atoms with Gasteiger partial charge in [0, 0.05) is 0 Å². The van der Waals surface area contributed by atoms with E-state index in [1.165, 1.54) is 0 Å². The second-order valence-electron chi connectivity index (χ2n) is 2.27. The number of urea groups is 1. The number of rotatable bonds is 3. The van der Waals surface area contributed by atoms with E-state index in [1.807, 2.05) is 6.92 Å². The lowest BCUT2D eigenvalue weighted by Gasteiger charge is -2.16. The Morgan fingerprint density at radius 3 is 2.60 bits per heavy atom. The Bertz CT molecular complexity index is 116. The molecule has 0 aliphatic carbocycles.